The lowest BCUT2D eigenvalue weighted by molar-refractivity contribution is 0.395. The van der Waals surface area contributed by atoms with Crippen molar-refractivity contribution in [2.45, 2.75) is 39.7 Å². The molecule has 0 bridgehead atoms. The lowest BCUT2D eigenvalue weighted by Crippen LogP contribution is -2.30. The third kappa shape index (κ3) is 3.52. The van der Waals surface area contributed by atoms with Gasteiger partial charge in [-0.15, -0.1) is 5.10 Å². The Morgan fingerprint density at radius 2 is 2.00 bits per heavy atom. The van der Waals surface area contributed by atoms with Crippen molar-refractivity contribution in [3.8, 4) is 0 Å². The molecular formula is C16H29N5. The Bertz CT molecular complexity index is 474. The Hall–Kier alpha value is -1.20. The number of hydrogen-bond donors (Lipinski definition) is 1. The Labute approximate surface area is 128 Å². The van der Waals surface area contributed by atoms with E-state index in [0.717, 1.165) is 30.9 Å². The van der Waals surface area contributed by atoms with E-state index >= 15 is 0 Å². The summed E-state index contributed by atoms with van der Waals surface area (Å²) < 4.78 is 0. The second-order valence-electron chi connectivity index (χ2n) is 6.14. The second kappa shape index (κ2) is 7.18. The normalized spacial score (nSPS) is 19.2. The van der Waals surface area contributed by atoms with Gasteiger partial charge in [-0.3, -0.25) is 0 Å². The smallest absolute Gasteiger partial charge is 0.155 e. The minimum absolute atomic E-state index is 0.538. The third-order valence-electron chi connectivity index (χ3n) is 4.52. The first-order chi connectivity index (χ1) is 10.1. The molecule has 1 unspecified atom stereocenters. The molecule has 0 amide bonds. The van der Waals surface area contributed by atoms with Gasteiger partial charge in [-0.25, -0.2) is 0 Å². The van der Waals surface area contributed by atoms with Crippen LogP contribution in [0.3, 0.4) is 0 Å². The van der Waals surface area contributed by atoms with Gasteiger partial charge in [0.25, 0.3) is 0 Å². The topological polar surface area (TPSA) is 58.3 Å². The van der Waals surface area contributed by atoms with E-state index < -0.39 is 0 Å². The molecule has 1 aliphatic heterocycles. The van der Waals surface area contributed by atoms with Crippen molar-refractivity contribution in [1.82, 2.24) is 15.1 Å². The molecule has 21 heavy (non-hydrogen) atoms. The van der Waals surface area contributed by atoms with Crippen LogP contribution in [0.4, 0.5) is 5.82 Å². The molecule has 2 rings (SSSR count). The van der Waals surface area contributed by atoms with E-state index in [-0.39, 0.29) is 0 Å². The molecule has 0 saturated carbocycles. The molecular weight excluding hydrogens is 262 g/mol. The summed E-state index contributed by atoms with van der Waals surface area (Å²) in [6.45, 7) is 8.23. The van der Waals surface area contributed by atoms with Gasteiger partial charge in [0.1, 0.15) is 0 Å². The molecule has 5 nitrogen and oxygen atoms in total. The van der Waals surface area contributed by atoms with Crippen molar-refractivity contribution < 1.29 is 0 Å². The van der Waals surface area contributed by atoms with Crippen LogP contribution in [0, 0.1) is 5.92 Å². The lowest BCUT2D eigenvalue weighted by atomic mass is 10.0. The number of anilines is 1. The lowest BCUT2D eigenvalue weighted by Gasteiger charge is -2.25. The SMILES string of the molecule is CCc1nnc(N(C)CC2CCN(C)C2)c(CN)c1CC. The molecule has 118 valence electrons. The first-order valence-electron chi connectivity index (χ1n) is 8.07. The molecule has 1 fully saturated rings. The zero-order chi connectivity index (χ0) is 15.4. The van der Waals surface area contributed by atoms with E-state index in [4.69, 9.17) is 5.73 Å². The highest BCUT2D eigenvalue weighted by molar-refractivity contribution is 5.51. The molecule has 1 aromatic heterocycles. The Balaban J connectivity index is 2.21. The molecule has 5 heteroatoms. The number of aromatic nitrogens is 2. The summed E-state index contributed by atoms with van der Waals surface area (Å²) in [6.07, 6.45) is 3.15. The maximum Gasteiger partial charge on any atom is 0.155 e. The summed E-state index contributed by atoms with van der Waals surface area (Å²) in [4.78, 5) is 4.64. The van der Waals surface area contributed by atoms with Crippen molar-refractivity contribution in [3.05, 3.63) is 16.8 Å². The van der Waals surface area contributed by atoms with E-state index in [2.05, 4.69) is 47.9 Å². The molecule has 1 atom stereocenters. The van der Waals surface area contributed by atoms with Crippen molar-refractivity contribution >= 4 is 5.82 Å². The Morgan fingerprint density at radius 3 is 2.52 bits per heavy atom. The summed E-state index contributed by atoms with van der Waals surface area (Å²) in [5.41, 5.74) is 9.58. The zero-order valence-corrected chi connectivity index (χ0v) is 13.9. The fraction of sp³-hybridized carbons (Fsp3) is 0.750. The summed E-state index contributed by atoms with van der Waals surface area (Å²) in [6, 6.07) is 0. The molecule has 2 N–H and O–H groups in total. The highest BCUT2D eigenvalue weighted by atomic mass is 15.3. The van der Waals surface area contributed by atoms with Gasteiger partial charge in [-0.2, -0.15) is 5.10 Å². The van der Waals surface area contributed by atoms with Gasteiger partial charge in [0, 0.05) is 32.2 Å². The third-order valence-corrected chi connectivity index (χ3v) is 4.52. The molecule has 0 radical (unpaired) electrons. The summed E-state index contributed by atoms with van der Waals surface area (Å²) in [7, 11) is 4.31. The highest BCUT2D eigenvalue weighted by Gasteiger charge is 2.23. The van der Waals surface area contributed by atoms with Gasteiger partial charge in [0.05, 0.1) is 5.69 Å². The Morgan fingerprint density at radius 1 is 1.24 bits per heavy atom. The van der Waals surface area contributed by atoms with Gasteiger partial charge in [0.2, 0.25) is 0 Å². The second-order valence-corrected chi connectivity index (χ2v) is 6.14. The van der Waals surface area contributed by atoms with Crippen molar-refractivity contribution in [2.24, 2.45) is 11.7 Å². The van der Waals surface area contributed by atoms with Crippen LogP contribution >= 0.6 is 0 Å². The van der Waals surface area contributed by atoms with Crippen LogP contribution in [-0.4, -0.2) is 48.8 Å². The highest BCUT2D eigenvalue weighted by Crippen LogP contribution is 2.25. The predicted molar refractivity (Wildman–Crippen MR) is 87.6 cm³/mol. The van der Waals surface area contributed by atoms with Crippen LogP contribution < -0.4 is 10.6 Å². The van der Waals surface area contributed by atoms with Crippen molar-refractivity contribution in [2.75, 3.05) is 38.6 Å². The van der Waals surface area contributed by atoms with E-state index in [0.29, 0.717) is 12.5 Å². The largest absolute Gasteiger partial charge is 0.358 e. The van der Waals surface area contributed by atoms with Crippen LogP contribution in [0.2, 0.25) is 0 Å². The van der Waals surface area contributed by atoms with Gasteiger partial charge < -0.3 is 15.5 Å². The van der Waals surface area contributed by atoms with Crippen LogP contribution in [0.5, 0.6) is 0 Å². The van der Waals surface area contributed by atoms with Crippen LogP contribution in [0.1, 0.15) is 37.1 Å². The summed E-state index contributed by atoms with van der Waals surface area (Å²) in [5, 5.41) is 8.90. The molecule has 1 saturated heterocycles. The average molecular weight is 291 g/mol. The summed E-state index contributed by atoms with van der Waals surface area (Å²) >= 11 is 0. The molecule has 1 aliphatic rings. The minimum atomic E-state index is 0.538. The number of rotatable bonds is 6. The fourth-order valence-corrected chi connectivity index (χ4v) is 3.41. The fourth-order valence-electron chi connectivity index (χ4n) is 3.41. The van der Waals surface area contributed by atoms with E-state index in [1.54, 1.807) is 0 Å². The van der Waals surface area contributed by atoms with Crippen LogP contribution in [-0.2, 0) is 19.4 Å². The van der Waals surface area contributed by atoms with Crippen molar-refractivity contribution in [3.63, 3.8) is 0 Å². The standard InChI is InChI=1S/C16H29N5/c1-5-13-14(9-17)16(19-18-15(13)6-2)21(4)11-12-7-8-20(3)10-12/h12H,5-11,17H2,1-4H3. The van der Waals surface area contributed by atoms with Crippen molar-refractivity contribution in [1.29, 1.82) is 0 Å². The van der Waals surface area contributed by atoms with Gasteiger partial charge in [-0.05, 0) is 44.3 Å². The first-order valence-corrected chi connectivity index (χ1v) is 8.07. The number of likely N-dealkylation sites (tertiary alicyclic amines) is 1. The summed E-state index contributed by atoms with van der Waals surface area (Å²) in [5.74, 6) is 1.68. The average Bonchev–Trinajstić information content (AvgIpc) is 2.90. The zero-order valence-electron chi connectivity index (χ0n) is 13.9. The molecule has 0 aromatic carbocycles. The number of aryl methyl sites for hydroxylation is 1. The number of nitrogens with zero attached hydrogens (tertiary/aromatic N) is 4. The molecule has 0 aliphatic carbocycles. The number of nitrogens with two attached hydrogens (primary N) is 1. The van der Waals surface area contributed by atoms with E-state index in [1.165, 1.54) is 30.6 Å². The monoisotopic (exact) mass is 291 g/mol. The maximum atomic E-state index is 6.02. The Kier molecular flexibility index (Phi) is 5.53. The predicted octanol–water partition coefficient (Wildman–Crippen LogP) is 1.45. The number of hydrogen-bond acceptors (Lipinski definition) is 5. The minimum Gasteiger partial charge on any atom is -0.358 e. The maximum absolute atomic E-state index is 6.02. The van der Waals surface area contributed by atoms with Gasteiger partial charge in [0.15, 0.2) is 5.82 Å². The van der Waals surface area contributed by atoms with E-state index in [9.17, 15) is 0 Å². The van der Waals surface area contributed by atoms with E-state index in [1.807, 2.05) is 0 Å². The van der Waals surface area contributed by atoms with Crippen LogP contribution in [0.15, 0.2) is 0 Å². The van der Waals surface area contributed by atoms with Crippen LogP contribution in [0.25, 0.3) is 0 Å². The quantitative estimate of drug-likeness (QED) is 0.859. The first kappa shape index (κ1) is 16.2. The molecule has 0 spiro atoms. The van der Waals surface area contributed by atoms with Gasteiger partial charge >= 0.3 is 0 Å². The molecule has 2 heterocycles. The molecule has 1 aromatic rings. The van der Waals surface area contributed by atoms with Gasteiger partial charge in [-0.1, -0.05) is 13.8 Å².